The van der Waals surface area contributed by atoms with Gasteiger partial charge < -0.3 is 10.5 Å². The smallest absolute Gasteiger partial charge is 0.250 e. The van der Waals surface area contributed by atoms with E-state index in [9.17, 15) is 4.79 Å². The average Bonchev–Trinajstić information content (AvgIpc) is 2.75. The number of rotatable bonds is 6. The molecule has 0 unspecified atom stereocenters. The highest BCUT2D eigenvalue weighted by Crippen LogP contribution is 2.24. The van der Waals surface area contributed by atoms with Crippen molar-refractivity contribution in [1.29, 1.82) is 0 Å². The molecule has 2 N–H and O–H groups in total. The first-order valence-corrected chi connectivity index (χ1v) is 11.3. The van der Waals surface area contributed by atoms with E-state index in [-0.39, 0.29) is 0 Å². The van der Waals surface area contributed by atoms with Crippen molar-refractivity contribution in [3.8, 4) is 0 Å². The zero-order valence-electron chi connectivity index (χ0n) is 12.5. The number of carbonyl (C=O) groups excluding carboxylic acids is 1. The summed E-state index contributed by atoms with van der Waals surface area (Å²) >= 11 is 3.38. The maximum absolute atomic E-state index is 11.6. The fraction of sp³-hybridized carbons (Fsp3) is 0.429. The number of primary amides is 1. The Bertz CT molecular complexity index is 664. The van der Waals surface area contributed by atoms with Gasteiger partial charge in [0, 0.05) is 24.5 Å². The van der Waals surface area contributed by atoms with Crippen LogP contribution in [0.4, 0.5) is 0 Å². The maximum atomic E-state index is 11.6. The van der Waals surface area contributed by atoms with Gasteiger partial charge in [0.05, 0.1) is 17.3 Å². The first kappa shape index (κ1) is 16.2. The highest BCUT2D eigenvalue weighted by Gasteiger charge is 2.15. The number of hydrogen-bond donors (Lipinski definition) is 1. The van der Waals surface area contributed by atoms with Gasteiger partial charge in [0.1, 0.15) is 6.73 Å². The largest absolute Gasteiger partial charge is 0.366 e. The van der Waals surface area contributed by atoms with Crippen LogP contribution >= 0.6 is 15.9 Å². The zero-order chi connectivity index (χ0) is 15.6. The molecule has 1 heterocycles. The summed E-state index contributed by atoms with van der Waals surface area (Å²) in [6.45, 7) is 7.96. The second-order valence-electron chi connectivity index (χ2n) is 6.25. The van der Waals surface area contributed by atoms with Crippen molar-refractivity contribution in [2.75, 3.05) is 6.61 Å². The molecule has 1 aromatic heterocycles. The lowest BCUT2D eigenvalue weighted by atomic mass is 10.1. The molecule has 1 aromatic carbocycles. The van der Waals surface area contributed by atoms with E-state index in [1.165, 1.54) is 0 Å². The summed E-state index contributed by atoms with van der Waals surface area (Å²) in [6.07, 6.45) is 1.72. The summed E-state index contributed by atoms with van der Waals surface area (Å²) < 4.78 is 8.19. The Labute approximate surface area is 133 Å². The predicted octanol–water partition coefficient (Wildman–Crippen LogP) is 3.21. The van der Waals surface area contributed by atoms with E-state index in [1.807, 2.05) is 6.07 Å². The molecule has 0 saturated heterocycles. The van der Waals surface area contributed by atoms with Crippen LogP contribution in [0.15, 0.2) is 22.8 Å². The van der Waals surface area contributed by atoms with Crippen LogP contribution in [0.5, 0.6) is 0 Å². The van der Waals surface area contributed by atoms with E-state index in [4.69, 9.17) is 10.5 Å². The number of halogens is 1. The van der Waals surface area contributed by atoms with Gasteiger partial charge in [-0.15, -0.1) is 0 Å². The number of nitrogens with zero attached hydrogens (tertiary/aromatic N) is 2. The zero-order valence-corrected chi connectivity index (χ0v) is 15.1. The van der Waals surface area contributed by atoms with Crippen LogP contribution < -0.4 is 5.73 Å². The first-order chi connectivity index (χ1) is 9.78. The monoisotopic (exact) mass is 369 g/mol. The molecule has 2 rings (SSSR count). The molecule has 21 heavy (non-hydrogen) atoms. The summed E-state index contributed by atoms with van der Waals surface area (Å²) in [5.74, 6) is -0.467. The van der Waals surface area contributed by atoms with Crippen molar-refractivity contribution in [3.63, 3.8) is 0 Å². The molecule has 0 saturated carbocycles. The number of aromatic nitrogens is 2. The van der Waals surface area contributed by atoms with Crippen molar-refractivity contribution < 1.29 is 9.53 Å². The molecule has 0 spiro atoms. The van der Waals surface area contributed by atoms with E-state index in [0.717, 1.165) is 21.4 Å². The maximum Gasteiger partial charge on any atom is 0.250 e. The molecule has 0 aliphatic heterocycles. The van der Waals surface area contributed by atoms with Gasteiger partial charge >= 0.3 is 0 Å². The lowest BCUT2D eigenvalue weighted by Gasteiger charge is -2.15. The van der Waals surface area contributed by atoms with Gasteiger partial charge in [-0.1, -0.05) is 35.6 Å². The molecule has 2 aromatic rings. The van der Waals surface area contributed by atoms with E-state index < -0.39 is 14.0 Å². The number of amides is 1. The summed E-state index contributed by atoms with van der Waals surface area (Å²) in [5, 5.41) is 5.16. The first-order valence-electron chi connectivity index (χ1n) is 6.80. The lowest BCUT2D eigenvalue weighted by molar-refractivity contribution is 0.0814. The Balaban J connectivity index is 2.19. The molecule has 7 heteroatoms. The summed E-state index contributed by atoms with van der Waals surface area (Å²) in [7, 11) is -1.10. The van der Waals surface area contributed by atoms with Crippen LogP contribution in [0, 0.1) is 0 Å². The second-order valence-corrected chi connectivity index (χ2v) is 12.8. The molecule has 5 nitrogen and oxygen atoms in total. The molecule has 0 aliphatic carbocycles. The van der Waals surface area contributed by atoms with Gasteiger partial charge in [0.15, 0.2) is 0 Å². The fourth-order valence-electron chi connectivity index (χ4n) is 2.01. The van der Waals surface area contributed by atoms with E-state index >= 15 is 0 Å². The molecule has 0 aliphatic rings. The molecule has 0 radical (unpaired) electrons. The van der Waals surface area contributed by atoms with Gasteiger partial charge in [-0.3, -0.25) is 4.79 Å². The van der Waals surface area contributed by atoms with Gasteiger partial charge in [0.2, 0.25) is 0 Å². The Morgan fingerprint density at radius 2 is 2.14 bits per heavy atom. The molecule has 0 bridgehead atoms. The van der Waals surface area contributed by atoms with Crippen LogP contribution in [-0.4, -0.2) is 30.4 Å². The Morgan fingerprint density at radius 1 is 1.43 bits per heavy atom. The standard InChI is InChI=1S/C14H20BrN3O2Si/c1-21(2,3)5-4-20-9-18-13-10(8-17-18)6-11(15)7-12(13)14(16)19/h6-8H,4-5,9H2,1-3H3,(H2,16,19). The van der Waals surface area contributed by atoms with Crippen LogP contribution in [0.1, 0.15) is 10.4 Å². The Kier molecular flexibility index (Phi) is 4.85. The van der Waals surface area contributed by atoms with Crippen LogP contribution in [0.25, 0.3) is 10.9 Å². The number of nitrogens with two attached hydrogens (primary N) is 1. The molecule has 0 atom stereocenters. The number of ether oxygens (including phenoxy) is 1. The van der Waals surface area contributed by atoms with Crippen molar-refractivity contribution in [1.82, 2.24) is 9.78 Å². The summed E-state index contributed by atoms with van der Waals surface area (Å²) in [6, 6.07) is 4.72. The molecular formula is C14H20BrN3O2Si. The third kappa shape index (κ3) is 4.15. The molecule has 1 amide bonds. The minimum Gasteiger partial charge on any atom is -0.366 e. The Morgan fingerprint density at radius 3 is 2.76 bits per heavy atom. The molecular weight excluding hydrogens is 350 g/mol. The summed E-state index contributed by atoms with van der Waals surface area (Å²) in [4.78, 5) is 11.6. The third-order valence-electron chi connectivity index (χ3n) is 3.17. The van der Waals surface area contributed by atoms with E-state index in [1.54, 1.807) is 16.9 Å². The number of hydrogen-bond acceptors (Lipinski definition) is 3. The number of carbonyl (C=O) groups is 1. The van der Waals surface area contributed by atoms with Gasteiger partial charge in [-0.05, 0) is 18.2 Å². The van der Waals surface area contributed by atoms with Crippen molar-refractivity contribution >= 4 is 40.8 Å². The molecule has 0 fully saturated rings. The third-order valence-corrected chi connectivity index (χ3v) is 5.34. The van der Waals surface area contributed by atoms with Crippen LogP contribution in [-0.2, 0) is 11.5 Å². The summed E-state index contributed by atoms with van der Waals surface area (Å²) in [5.41, 5.74) is 6.62. The predicted molar refractivity (Wildman–Crippen MR) is 90.1 cm³/mol. The van der Waals surface area contributed by atoms with Gasteiger partial charge in [0.25, 0.3) is 5.91 Å². The Hall–Kier alpha value is -1.18. The van der Waals surface area contributed by atoms with Crippen LogP contribution in [0.2, 0.25) is 25.7 Å². The van der Waals surface area contributed by atoms with E-state index in [2.05, 4.69) is 40.7 Å². The topological polar surface area (TPSA) is 70.1 Å². The van der Waals surface area contributed by atoms with Crippen molar-refractivity contribution in [2.45, 2.75) is 32.4 Å². The highest BCUT2D eigenvalue weighted by molar-refractivity contribution is 9.10. The van der Waals surface area contributed by atoms with Crippen molar-refractivity contribution in [3.05, 3.63) is 28.4 Å². The SMILES string of the molecule is C[Si](C)(C)CCOCn1ncc2cc(Br)cc(C(N)=O)c21. The fourth-order valence-corrected chi connectivity index (χ4v) is 3.24. The number of benzene rings is 1. The lowest BCUT2D eigenvalue weighted by Crippen LogP contribution is -2.22. The van der Waals surface area contributed by atoms with Crippen molar-refractivity contribution in [2.24, 2.45) is 5.73 Å². The van der Waals surface area contributed by atoms with Gasteiger partial charge in [-0.25, -0.2) is 4.68 Å². The highest BCUT2D eigenvalue weighted by atomic mass is 79.9. The minimum atomic E-state index is -1.10. The normalized spacial score (nSPS) is 12.0. The average molecular weight is 370 g/mol. The minimum absolute atomic E-state index is 0.329. The quantitative estimate of drug-likeness (QED) is 0.627. The van der Waals surface area contributed by atoms with Crippen LogP contribution in [0.3, 0.4) is 0 Å². The second kappa shape index (κ2) is 6.29. The number of fused-ring (bicyclic) bond motifs is 1. The molecule has 114 valence electrons. The van der Waals surface area contributed by atoms with E-state index in [0.29, 0.717) is 18.9 Å². The van der Waals surface area contributed by atoms with Gasteiger partial charge in [-0.2, -0.15) is 5.10 Å².